The third kappa shape index (κ3) is 32.9. The van der Waals surface area contributed by atoms with Gasteiger partial charge in [0.2, 0.25) is 5.91 Å². The molecule has 276 valence electrons. The number of unbranched alkanes of at least 4 members (excludes halogenated alkanes) is 24. The quantitative estimate of drug-likeness (QED) is 0.0397. The summed E-state index contributed by atoms with van der Waals surface area (Å²) in [4.78, 5) is 12.4. The fraction of sp³-hybridized carbons (Fsp3) is 0.833. The van der Waals surface area contributed by atoms with Crippen molar-refractivity contribution in [2.45, 2.75) is 218 Å². The first-order valence-electron chi connectivity index (χ1n) is 20.3. The van der Waals surface area contributed by atoms with Crippen LogP contribution in [0.3, 0.4) is 0 Å². The molecule has 0 saturated heterocycles. The third-order valence-corrected chi connectivity index (χ3v) is 9.20. The third-order valence-electron chi connectivity index (χ3n) is 9.20. The van der Waals surface area contributed by atoms with Gasteiger partial charge in [-0.1, -0.05) is 179 Å². The average Bonchev–Trinajstić information content (AvgIpc) is 3.07. The average molecular weight is 662 g/mol. The van der Waals surface area contributed by atoms with E-state index in [4.69, 9.17) is 0 Å². The summed E-state index contributed by atoms with van der Waals surface area (Å²) in [5.74, 6) is -0.519. The SMILES string of the molecule is CCCCCCCC/C=C/CC/C=C/C(O)C(CO)NC(=O)C(O)CCCCCCCC/C=C\CCCCCCCCCCCCC. The van der Waals surface area contributed by atoms with E-state index in [9.17, 15) is 20.1 Å². The molecular formula is C42H79NO4. The lowest BCUT2D eigenvalue weighted by atomic mass is 10.0. The van der Waals surface area contributed by atoms with E-state index >= 15 is 0 Å². The van der Waals surface area contributed by atoms with E-state index in [-0.39, 0.29) is 6.61 Å². The Kier molecular flexibility index (Phi) is 36.3. The van der Waals surface area contributed by atoms with Crippen LogP contribution in [-0.2, 0) is 4.79 Å². The van der Waals surface area contributed by atoms with Crippen molar-refractivity contribution in [2.75, 3.05) is 6.61 Å². The van der Waals surface area contributed by atoms with Crippen molar-refractivity contribution in [3.63, 3.8) is 0 Å². The van der Waals surface area contributed by atoms with E-state index in [1.54, 1.807) is 6.08 Å². The predicted octanol–water partition coefficient (Wildman–Crippen LogP) is 11.2. The van der Waals surface area contributed by atoms with Gasteiger partial charge >= 0.3 is 0 Å². The molecule has 0 bridgehead atoms. The first-order chi connectivity index (χ1) is 23.1. The highest BCUT2D eigenvalue weighted by Crippen LogP contribution is 2.14. The van der Waals surface area contributed by atoms with Gasteiger partial charge in [-0.2, -0.15) is 0 Å². The number of hydrogen-bond donors (Lipinski definition) is 4. The first-order valence-corrected chi connectivity index (χ1v) is 20.3. The van der Waals surface area contributed by atoms with Crippen LogP contribution >= 0.6 is 0 Å². The van der Waals surface area contributed by atoms with Crippen LogP contribution in [0, 0.1) is 0 Å². The summed E-state index contributed by atoms with van der Waals surface area (Å²) in [6.07, 6.45) is 46.0. The number of rotatable bonds is 36. The van der Waals surface area contributed by atoms with E-state index in [1.165, 1.54) is 141 Å². The highest BCUT2D eigenvalue weighted by molar-refractivity contribution is 5.80. The van der Waals surface area contributed by atoms with Crippen molar-refractivity contribution >= 4 is 5.91 Å². The molecule has 0 aliphatic rings. The molecule has 0 fully saturated rings. The second-order valence-corrected chi connectivity index (χ2v) is 13.8. The maximum absolute atomic E-state index is 12.4. The van der Waals surface area contributed by atoms with Crippen LogP contribution in [0.1, 0.15) is 200 Å². The standard InChI is InChI=1S/C42H79NO4/c1-3-5-7-9-11-13-15-17-18-19-20-21-22-23-24-25-27-29-31-33-35-37-41(46)42(47)43-39(38-44)40(45)36-34-32-30-28-26-16-14-12-10-8-6-4-2/h22-23,26,28,34,36,39-41,44-46H,3-21,24-25,27,29-33,35,37-38H2,1-2H3,(H,43,47)/b23-22-,28-26+,36-34+. The molecule has 1 amide bonds. The van der Waals surface area contributed by atoms with Crippen LogP contribution in [0.25, 0.3) is 0 Å². The van der Waals surface area contributed by atoms with E-state index in [2.05, 4.69) is 43.5 Å². The highest BCUT2D eigenvalue weighted by Gasteiger charge is 2.22. The Balaban J connectivity index is 3.71. The zero-order chi connectivity index (χ0) is 34.5. The van der Waals surface area contributed by atoms with Gasteiger partial charge in [0.25, 0.3) is 0 Å². The topological polar surface area (TPSA) is 89.8 Å². The number of aliphatic hydroxyl groups is 3. The molecule has 0 spiro atoms. The lowest BCUT2D eigenvalue weighted by Crippen LogP contribution is -2.48. The Labute approximate surface area is 292 Å². The van der Waals surface area contributed by atoms with Gasteiger partial charge in [-0.05, 0) is 57.8 Å². The normalized spacial score (nSPS) is 14.1. The molecular weight excluding hydrogens is 582 g/mol. The van der Waals surface area contributed by atoms with Crippen LogP contribution in [0.15, 0.2) is 36.5 Å². The molecule has 47 heavy (non-hydrogen) atoms. The number of aliphatic hydroxyl groups excluding tert-OH is 3. The molecule has 0 aromatic heterocycles. The molecule has 0 rings (SSSR count). The van der Waals surface area contributed by atoms with Gasteiger partial charge in [-0.3, -0.25) is 4.79 Å². The summed E-state index contributed by atoms with van der Waals surface area (Å²) in [6.45, 7) is 4.14. The monoisotopic (exact) mass is 662 g/mol. The zero-order valence-electron chi connectivity index (χ0n) is 31.2. The maximum atomic E-state index is 12.4. The highest BCUT2D eigenvalue weighted by atomic mass is 16.3. The molecule has 5 heteroatoms. The van der Waals surface area contributed by atoms with Gasteiger partial charge in [0.15, 0.2) is 0 Å². The van der Waals surface area contributed by atoms with Crippen molar-refractivity contribution in [2.24, 2.45) is 0 Å². The summed E-state index contributed by atoms with van der Waals surface area (Å²) in [5.41, 5.74) is 0. The molecule has 4 N–H and O–H groups in total. The minimum atomic E-state index is -1.11. The van der Waals surface area contributed by atoms with E-state index in [0.29, 0.717) is 6.42 Å². The van der Waals surface area contributed by atoms with Gasteiger partial charge in [0, 0.05) is 0 Å². The Morgan fingerprint density at radius 1 is 0.511 bits per heavy atom. The number of carbonyl (C=O) groups is 1. The lowest BCUT2D eigenvalue weighted by molar-refractivity contribution is -0.131. The smallest absolute Gasteiger partial charge is 0.249 e. The minimum Gasteiger partial charge on any atom is -0.394 e. The molecule has 5 nitrogen and oxygen atoms in total. The fourth-order valence-electron chi connectivity index (χ4n) is 5.96. The Morgan fingerprint density at radius 2 is 0.872 bits per heavy atom. The summed E-state index contributed by atoms with van der Waals surface area (Å²) in [5, 5.41) is 33.0. The molecule has 0 aromatic rings. The van der Waals surface area contributed by atoms with Crippen molar-refractivity contribution in [3.05, 3.63) is 36.5 Å². The molecule has 3 unspecified atom stereocenters. The van der Waals surface area contributed by atoms with Gasteiger partial charge in [-0.15, -0.1) is 0 Å². The summed E-state index contributed by atoms with van der Waals surface area (Å²) >= 11 is 0. The van der Waals surface area contributed by atoms with E-state index < -0.39 is 24.2 Å². The Morgan fingerprint density at radius 3 is 1.30 bits per heavy atom. The van der Waals surface area contributed by atoms with Crippen molar-refractivity contribution in [3.8, 4) is 0 Å². The lowest BCUT2D eigenvalue weighted by Gasteiger charge is -2.21. The van der Waals surface area contributed by atoms with E-state index in [1.807, 2.05) is 6.08 Å². The van der Waals surface area contributed by atoms with Crippen molar-refractivity contribution in [1.82, 2.24) is 5.32 Å². The number of nitrogens with one attached hydrogen (secondary N) is 1. The molecule has 0 radical (unpaired) electrons. The van der Waals surface area contributed by atoms with Gasteiger partial charge < -0.3 is 20.6 Å². The summed E-state index contributed by atoms with van der Waals surface area (Å²) in [7, 11) is 0. The van der Waals surface area contributed by atoms with Gasteiger partial charge in [0.1, 0.15) is 6.10 Å². The van der Waals surface area contributed by atoms with Crippen molar-refractivity contribution in [1.29, 1.82) is 0 Å². The predicted molar refractivity (Wildman–Crippen MR) is 204 cm³/mol. The van der Waals surface area contributed by atoms with Gasteiger partial charge in [-0.25, -0.2) is 0 Å². The van der Waals surface area contributed by atoms with Crippen LogP contribution < -0.4 is 5.32 Å². The molecule has 0 aliphatic heterocycles. The summed E-state index contributed by atoms with van der Waals surface area (Å²) < 4.78 is 0. The number of amides is 1. The molecule has 3 atom stereocenters. The largest absolute Gasteiger partial charge is 0.394 e. The minimum absolute atomic E-state index is 0.378. The second-order valence-electron chi connectivity index (χ2n) is 13.8. The summed E-state index contributed by atoms with van der Waals surface area (Å²) in [6, 6.07) is -0.814. The van der Waals surface area contributed by atoms with Crippen LogP contribution in [0.2, 0.25) is 0 Å². The molecule has 0 aromatic carbocycles. The second kappa shape index (κ2) is 37.4. The fourth-order valence-corrected chi connectivity index (χ4v) is 5.96. The van der Waals surface area contributed by atoms with Crippen LogP contribution in [0.5, 0.6) is 0 Å². The number of carbonyl (C=O) groups excluding carboxylic acids is 1. The molecule has 0 heterocycles. The number of hydrogen-bond acceptors (Lipinski definition) is 4. The first kappa shape index (κ1) is 45.6. The van der Waals surface area contributed by atoms with E-state index in [0.717, 1.165) is 38.5 Å². The maximum Gasteiger partial charge on any atom is 0.249 e. The Hall–Kier alpha value is -1.43. The van der Waals surface area contributed by atoms with Crippen LogP contribution in [-0.4, -0.2) is 46.1 Å². The van der Waals surface area contributed by atoms with Gasteiger partial charge in [0.05, 0.1) is 18.8 Å². The molecule has 0 aliphatic carbocycles. The zero-order valence-corrected chi connectivity index (χ0v) is 31.2. The number of allylic oxidation sites excluding steroid dienone is 5. The van der Waals surface area contributed by atoms with Crippen LogP contribution in [0.4, 0.5) is 0 Å². The Bertz CT molecular complexity index is 734. The van der Waals surface area contributed by atoms with Crippen molar-refractivity contribution < 1.29 is 20.1 Å². The molecule has 0 saturated carbocycles.